The van der Waals surface area contributed by atoms with Crippen molar-refractivity contribution in [2.75, 3.05) is 16.8 Å². The molecule has 150 valence electrons. The fourth-order valence-electron chi connectivity index (χ4n) is 2.98. The Kier molecular flexibility index (Phi) is 6.19. The molecule has 1 N–H and O–H groups in total. The summed E-state index contributed by atoms with van der Waals surface area (Å²) in [5, 5.41) is 11.1. The maximum absolute atomic E-state index is 13.0. The minimum Gasteiger partial charge on any atom is -0.325 e. The van der Waals surface area contributed by atoms with E-state index in [0.29, 0.717) is 29.6 Å². The predicted octanol–water partition coefficient (Wildman–Crippen LogP) is 2.62. The molecule has 0 unspecified atom stereocenters. The van der Waals surface area contributed by atoms with Gasteiger partial charge in [0.25, 0.3) is 0 Å². The third kappa shape index (κ3) is 4.79. The van der Waals surface area contributed by atoms with E-state index in [0.717, 1.165) is 0 Å². The monoisotopic (exact) mass is 424 g/mol. The zero-order valence-electron chi connectivity index (χ0n) is 15.3. The molecule has 0 bridgehead atoms. The van der Waals surface area contributed by atoms with Gasteiger partial charge in [-0.05, 0) is 37.6 Å². The second kappa shape index (κ2) is 8.44. The number of nitrogens with zero attached hydrogens (tertiary/aromatic N) is 3. The topological polar surface area (TPSA) is 93.9 Å². The van der Waals surface area contributed by atoms with E-state index in [-0.39, 0.29) is 29.1 Å². The Morgan fingerprint density at radius 3 is 2.75 bits per heavy atom. The van der Waals surface area contributed by atoms with Crippen LogP contribution in [0.25, 0.3) is 0 Å². The lowest BCUT2D eigenvalue weighted by atomic mass is 10.1. The smallest absolute Gasteiger partial charge is 0.237 e. The molecule has 1 fully saturated rings. The van der Waals surface area contributed by atoms with E-state index in [4.69, 9.17) is 0 Å². The first-order chi connectivity index (χ1) is 13.3. The molecular weight excluding hydrogens is 403 g/mol. The molecule has 1 saturated heterocycles. The van der Waals surface area contributed by atoms with Gasteiger partial charge in [-0.3, -0.25) is 4.79 Å². The van der Waals surface area contributed by atoms with Gasteiger partial charge >= 0.3 is 0 Å². The molecule has 1 aromatic carbocycles. The van der Waals surface area contributed by atoms with Crippen molar-refractivity contribution in [2.45, 2.75) is 36.2 Å². The second-order valence-corrected chi connectivity index (χ2v) is 10.1. The molecule has 0 radical (unpaired) electrons. The molecule has 0 spiro atoms. The van der Waals surface area contributed by atoms with Gasteiger partial charge in [0.05, 0.1) is 16.8 Å². The lowest BCUT2D eigenvalue weighted by Crippen LogP contribution is -2.23. The van der Waals surface area contributed by atoms with E-state index < -0.39 is 15.1 Å². The lowest BCUT2D eigenvalue weighted by molar-refractivity contribution is -0.115. The molecule has 2 heterocycles. The molecule has 7 nitrogen and oxygen atoms in total. The van der Waals surface area contributed by atoms with Crippen molar-refractivity contribution in [3.05, 3.63) is 48.6 Å². The van der Waals surface area contributed by atoms with Crippen LogP contribution in [0.4, 0.5) is 10.1 Å². The van der Waals surface area contributed by atoms with E-state index >= 15 is 0 Å². The first kappa shape index (κ1) is 20.5. The molecule has 1 amide bonds. The largest absolute Gasteiger partial charge is 0.325 e. The number of carbonyl (C=O) groups excluding carboxylic acids is 1. The highest BCUT2D eigenvalue weighted by atomic mass is 32.2. The first-order valence-electron chi connectivity index (χ1n) is 8.76. The number of amides is 1. The van der Waals surface area contributed by atoms with Crippen LogP contribution in [-0.4, -0.2) is 45.8 Å². The fourth-order valence-corrected chi connectivity index (χ4v) is 5.58. The Morgan fingerprint density at radius 2 is 2.14 bits per heavy atom. The summed E-state index contributed by atoms with van der Waals surface area (Å²) in [5.41, 5.74) is 0.503. The zero-order chi connectivity index (χ0) is 20.3. The number of thioether (sulfide) groups is 1. The van der Waals surface area contributed by atoms with Crippen LogP contribution in [0, 0.1) is 5.82 Å². The molecular formula is C18H21FN4O3S2. The van der Waals surface area contributed by atoms with Crippen LogP contribution in [0.5, 0.6) is 0 Å². The first-order valence-corrected chi connectivity index (χ1v) is 11.5. The summed E-state index contributed by atoms with van der Waals surface area (Å²) in [4.78, 5) is 12.4. The Morgan fingerprint density at radius 1 is 1.43 bits per heavy atom. The highest BCUT2D eigenvalue weighted by Crippen LogP contribution is 2.31. The van der Waals surface area contributed by atoms with Crippen molar-refractivity contribution in [3.8, 4) is 0 Å². The third-order valence-electron chi connectivity index (χ3n) is 4.42. The van der Waals surface area contributed by atoms with Crippen LogP contribution in [0.2, 0.25) is 0 Å². The molecule has 1 aromatic heterocycles. The van der Waals surface area contributed by atoms with E-state index in [1.165, 1.54) is 36.0 Å². The number of benzene rings is 1. The van der Waals surface area contributed by atoms with Gasteiger partial charge in [0.15, 0.2) is 15.0 Å². The normalized spacial score (nSPS) is 19.3. The third-order valence-corrected chi connectivity index (χ3v) is 7.27. The van der Waals surface area contributed by atoms with Crippen molar-refractivity contribution in [2.24, 2.45) is 0 Å². The predicted molar refractivity (Wildman–Crippen MR) is 107 cm³/mol. The number of anilines is 1. The number of aromatic nitrogens is 3. The Bertz CT molecular complexity index is 973. The number of carbonyl (C=O) groups is 1. The molecule has 0 aliphatic carbocycles. The highest BCUT2D eigenvalue weighted by Gasteiger charge is 2.33. The highest BCUT2D eigenvalue weighted by molar-refractivity contribution is 8.00. The minimum absolute atomic E-state index is 0.0630. The molecule has 1 aliphatic heterocycles. The second-order valence-electron chi connectivity index (χ2n) is 6.60. The van der Waals surface area contributed by atoms with Gasteiger partial charge in [-0.2, -0.15) is 0 Å². The van der Waals surface area contributed by atoms with Crippen molar-refractivity contribution >= 4 is 33.2 Å². The van der Waals surface area contributed by atoms with Crippen molar-refractivity contribution < 1.29 is 17.6 Å². The van der Waals surface area contributed by atoms with Gasteiger partial charge < -0.3 is 9.88 Å². The molecule has 10 heteroatoms. The standard InChI is InChI=1S/C18H21FN4O3S2/c1-3-9-23-16(13-8-10-28(25,26)11-13)21-22-18(23)27-12(2)17(24)20-15-6-4-14(19)5-7-15/h3-7,12-13H,1,8-11H2,2H3,(H,20,24)/t12-,13-/m0/s1. The quantitative estimate of drug-likeness (QED) is 0.542. The van der Waals surface area contributed by atoms with Crippen LogP contribution in [0.15, 0.2) is 42.1 Å². The zero-order valence-corrected chi connectivity index (χ0v) is 17.0. The summed E-state index contributed by atoms with van der Waals surface area (Å²) in [5.74, 6) is -0.00980. The number of rotatable bonds is 7. The Labute approximate surface area is 167 Å². The lowest BCUT2D eigenvalue weighted by Gasteiger charge is -2.14. The minimum atomic E-state index is -3.04. The van der Waals surface area contributed by atoms with E-state index in [1.54, 1.807) is 13.0 Å². The summed E-state index contributed by atoms with van der Waals surface area (Å²) in [6, 6.07) is 5.53. The average molecular weight is 425 g/mol. The summed E-state index contributed by atoms with van der Waals surface area (Å²) in [7, 11) is -3.04. The molecule has 1 aliphatic rings. The fraction of sp³-hybridized carbons (Fsp3) is 0.389. The van der Waals surface area contributed by atoms with Crippen molar-refractivity contribution in [1.29, 1.82) is 0 Å². The summed E-state index contributed by atoms with van der Waals surface area (Å²) >= 11 is 1.23. The molecule has 3 rings (SSSR count). The summed E-state index contributed by atoms with van der Waals surface area (Å²) < 4.78 is 38.4. The number of hydrogen-bond donors (Lipinski definition) is 1. The summed E-state index contributed by atoms with van der Waals surface area (Å²) in [6.07, 6.45) is 2.20. The van der Waals surface area contributed by atoms with Crippen LogP contribution in [0.3, 0.4) is 0 Å². The van der Waals surface area contributed by atoms with Gasteiger partial charge in [0.2, 0.25) is 5.91 Å². The molecule has 0 saturated carbocycles. The number of nitrogens with one attached hydrogen (secondary N) is 1. The Balaban J connectivity index is 1.73. The van der Waals surface area contributed by atoms with Crippen LogP contribution in [-0.2, 0) is 21.2 Å². The number of sulfone groups is 1. The van der Waals surface area contributed by atoms with Gasteiger partial charge in [-0.25, -0.2) is 12.8 Å². The maximum atomic E-state index is 13.0. The van der Waals surface area contributed by atoms with Gasteiger partial charge in [-0.15, -0.1) is 16.8 Å². The van der Waals surface area contributed by atoms with Gasteiger partial charge in [-0.1, -0.05) is 17.8 Å². The van der Waals surface area contributed by atoms with E-state index in [1.807, 2.05) is 4.57 Å². The summed E-state index contributed by atoms with van der Waals surface area (Å²) in [6.45, 7) is 5.89. The van der Waals surface area contributed by atoms with Crippen LogP contribution < -0.4 is 5.32 Å². The average Bonchev–Trinajstić information content (AvgIpc) is 3.20. The van der Waals surface area contributed by atoms with Gasteiger partial charge in [0, 0.05) is 18.2 Å². The maximum Gasteiger partial charge on any atom is 0.237 e. The van der Waals surface area contributed by atoms with E-state index in [9.17, 15) is 17.6 Å². The van der Waals surface area contributed by atoms with Crippen LogP contribution >= 0.6 is 11.8 Å². The Hall–Kier alpha value is -2.20. The van der Waals surface area contributed by atoms with E-state index in [2.05, 4.69) is 22.1 Å². The van der Waals surface area contributed by atoms with Crippen LogP contribution in [0.1, 0.15) is 25.1 Å². The number of allylic oxidation sites excluding steroid dienone is 1. The number of hydrogen-bond acceptors (Lipinski definition) is 6. The SMILES string of the molecule is C=CCn1c(S[C@@H](C)C(=O)Nc2ccc(F)cc2)nnc1[C@H]1CCS(=O)(=O)C1. The van der Waals surface area contributed by atoms with Crippen molar-refractivity contribution in [1.82, 2.24) is 14.8 Å². The number of halogens is 1. The molecule has 28 heavy (non-hydrogen) atoms. The molecule has 2 aromatic rings. The molecule has 2 atom stereocenters. The van der Waals surface area contributed by atoms with Gasteiger partial charge in [0.1, 0.15) is 11.6 Å². The van der Waals surface area contributed by atoms with Crippen molar-refractivity contribution in [3.63, 3.8) is 0 Å².